The second-order valence-corrected chi connectivity index (χ2v) is 8.56. The van der Waals surface area contributed by atoms with E-state index in [1.54, 1.807) is 41.6 Å². The lowest BCUT2D eigenvalue weighted by Crippen LogP contribution is -2.29. The summed E-state index contributed by atoms with van der Waals surface area (Å²) < 4.78 is 5.56. The Hall–Kier alpha value is -3.93. The SMILES string of the molecule is Cc1ccc(C)c(CN2C(=O)C(=O)/C(=C(\O)c3ccc4c(c3)CCO4)C2c2ccncc2)c1. The van der Waals surface area contributed by atoms with Gasteiger partial charge in [0.05, 0.1) is 18.2 Å². The first-order valence-corrected chi connectivity index (χ1v) is 10.9. The van der Waals surface area contributed by atoms with E-state index >= 15 is 0 Å². The van der Waals surface area contributed by atoms with Gasteiger partial charge in [-0.25, -0.2) is 0 Å². The summed E-state index contributed by atoms with van der Waals surface area (Å²) in [5.74, 6) is -0.693. The first kappa shape index (κ1) is 20.9. The number of carbonyl (C=O) groups excluding carboxylic acids is 2. The van der Waals surface area contributed by atoms with Gasteiger partial charge in [0.2, 0.25) is 0 Å². The van der Waals surface area contributed by atoms with E-state index < -0.39 is 17.7 Å². The van der Waals surface area contributed by atoms with Crippen LogP contribution >= 0.6 is 0 Å². The highest BCUT2D eigenvalue weighted by atomic mass is 16.5. The van der Waals surface area contributed by atoms with Gasteiger partial charge in [0.1, 0.15) is 11.5 Å². The topological polar surface area (TPSA) is 79.7 Å². The lowest BCUT2D eigenvalue weighted by Gasteiger charge is -2.26. The highest BCUT2D eigenvalue weighted by molar-refractivity contribution is 6.46. The second kappa shape index (κ2) is 8.20. The van der Waals surface area contributed by atoms with Crippen LogP contribution in [0.5, 0.6) is 5.75 Å². The highest BCUT2D eigenvalue weighted by Crippen LogP contribution is 2.41. The van der Waals surface area contributed by atoms with E-state index in [0.29, 0.717) is 12.2 Å². The molecule has 1 fully saturated rings. The number of pyridine rings is 1. The third-order valence-corrected chi connectivity index (χ3v) is 6.37. The van der Waals surface area contributed by atoms with Gasteiger partial charge >= 0.3 is 0 Å². The molecule has 3 heterocycles. The average Bonchev–Trinajstić information content (AvgIpc) is 3.39. The molecule has 0 aliphatic carbocycles. The van der Waals surface area contributed by atoms with Gasteiger partial charge in [0.15, 0.2) is 0 Å². The van der Waals surface area contributed by atoms with Crippen molar-refractivity contribution in [1.82, 2.24) is 9.88 Å². The number of fused-ring (bicyclic) bond motifs is 1. The van der Waals surface area contributed by atoms with Crippen molar-refractivity contribution in [2.45, 2.75) is 32.9 Å². The maximum absolute atomic E-state index is 13.2. The fourth-order valence-corrected chi connectivity index (χ4v) is 4.58. The molecule has 1 N–H and O–H groups in total. The molecule has 2 aromatic carbocycles. The molecule has 0 radical (unpaired) electrons. The number of ketones is 1. The number of aromatic nitrogens is 1. The van der Waals surface area contributed by atoms with Crippen molar-refractivity contribution < 1.29 is 19.4 Å². The number of ether oxygens (including phenoxy) is 1. The molecule has 3 aromatic rings. The van der Waals surface area contributed by atoms with Crippen LogP contribution in [-0.4, -0.2) is 33.3 Å². The molecule has 33 heavy (non-hydrogen) atoms. The fraction of sp³-hybridized carbons (Fsp3) is 0.222. The Labute approximate surface area is 192 Å². The number of benzene rings is 2. The van der Waals surface area contributed by atoms with E-state index in [1.807, 2.05) is 38.1 Å². The van der Waals surface area contributed by atoms with E-state index in [4.69, 9.17) is 4.74 Å². The Morgan fingerprint density at radius 3 is 2.67 bits per heavy atom. The molecule has 1 unspecified atom stereocenters. The lowest BCUT2D eigenvalue weighted by atomic mass is 9.95. The summed E-state index contributed by atoms with van der Waals surface area (Å²) in [4.78, 5) is 32.1. The minimum Gasteiger partial charge on any atom is -0.507 e. The van der Waals surface area contributed by atoms with Crippen LogP contribution in [0, 0.1) is 13.8 Å². The Balaban J connectivity index is 1.64. The highest BCUT2D eigenvalue weighted by Gasteiger charge is 2.46. The van der Waals surface area contributed by atoms with Crippen molar-refractivity contribution in [2.24, 2.45) is 0 Å². The molecule has 1 saturated heterocycles. The summed E-state index contributed by atoms with van der Waals surface area (Å²) in [5.41, 5.74) is 5.37. The number of hydrogen-bond acceptors (Lipinski definition) is 5. The molecule has 6 heteroatoms. The summed E-state index contributed by atoms with van der Waals surface area (Å²) >= 11 is 0. The largest absolute Gasteiger partial charge is 0.507 e. The fourth-order valence-electron chi connectivity index (χ4n) is 4.58. The third-order valence-electron chi connectivity index (χ3n) is 6.37. The number of amides is 1. The second-order valence-electron chi connectivity index (χ2n) is 8.56. The standard InChI is InChI=1S/C27H24N2O4/c1-16-3-4-17(2)21(13-16)15-29-24(18-7-10-28-11-8-18)23(26(31)27(29)32)25(30)20-5-6-22-19(14-20)9-12-33-22/h3-8,10-11,13-14,24,30H,9,12,15H2,1-2H3/b25-23-. The maximum atomic E-state index is 13.2. The van der Waals surface area contributed by atoms with Crippen LogP contribution in [0.4, 0.5) is 0 Å². The number of aliphatic hydroxyl groups is 1. The van der Waals surface area contributed by atoms with Crippen LogP contribution in [-0.2, 0) is 22.6 Å². The third kappa shape index (κ3) is 3.67. The van der Waals surface area contributed by atoms with E-state index in [0.717, 1.165) is 40.0 Å². The molecular weight excluding hydrogens is 416 g/mol. The Bertz CT molecular complexity index is 1300. The van der Waals surface area contributed by atoms with Gasteiger partial charge in [-0.1, -0.05) is 23.8 Å². The first-order valence-electron chi connectivity index (χ1n) is 10.9. The number of likely N-dealkylation sites (tertiary alicyclic amines) is 1. The molecule has 0 spiro atoms. The first-order chi connectivity index (χ1) is 15.9. The zero-order valence-electron chi connectivity index (χ0n) is 18.5. The van der Waals surface area contributed by atoms with Crippen molar-refractivity contribution in [1.29, 1.82) is 0 Å². The molecule has 2 aliphatic heterocycles. The zero-order chi connectivity index (χ0) is 23.1. The normalized spacial score (nSPS) is 19.0. The molecule has 2 aliphatic rings. The van der Waals surface area contributed by atoms with Crippen molar-refractivity contribution >= 4 is 17.4 Å². The molecule has 1 aromatic heterocycles. The van der Waals surface area contributed by atoms with Crippen LogP contribution in [0.1, 0.15) is 39.4 Å². The summed E-state index contributed by atoms with van der Waals surface area (Å²) in [6.45, 7) is 4.84. The average molecular weight is 440 g/mol. The molecule has 6 nitrogen and oxygen atoms in total. The van der Waals surface area contributed by atoms with E-state index in [9.17, 15) is 14.7 Å². The van der Waals surface area contributed by atoms with Crippen LogP contribution in [0.2, 0.25) is 0 Å². The maximum Gasteiger partial charge on any atom is 0.295 e. The quantitative estimate of drug-likeness (QED) is 0.373. The lowest BCUT2D eigenvalue weighted by molar-refractivity contribution is -0.140. The van der Waals surface area contributed by atoms with Crippen molar-refractivity contribution in [3.8, 4) is 5.75 Å². The number of nitrogens with zero attached hydrogens (tertiary/aromatic N) is 2. The molecule has 0 saturated carbocycles. The summed E-state index contributed by atoms with van der Waals surface area (Å²) in [6, 6.07) is 14.2. The zero-order valence-corrected chi connectivity index (χ0v) is 18.5. The van der Waals surface area contributed by atoms with E-state index in [-0.39, 0.29) is 17.9 Å². The number of Topliss-reactive ketones (excluding diaryl/α,β-unsaturated/α-hetero) is 1. The van der Waals surface area contributed by atoms with E-state index in [2.05, 4.69) is 4.98 Å². The Morgan fingerprint density at radius 2 is 1.88 bits per heavy atom. The summed E-state index contributed by atoms with van der Waals surface area (Å²) in [6.07, 6.45) is 3.99. The van der Waals surface area contributed by atoms with Gasteiger partial charge in [-0.3, -0.25) is 14.6 Å². The van der Waals surface area contributed by atoms with Gasteiger partial charge in [0.25, 0.3) is 11.7 Å². The van der Waals surface area contributed by atoms with Gasteiger partial charge in [-0.05, 0) is 66.4 Å². The van der Waals surface area contributed by atoms with Gasteiger partial charge in [-0.15, -0.1) is 0 Å². The summed E-state index contributed by atoms with van der Waals surface area (Å²) in [7, 11) is 0. The number of carbonyl (C=O) groups is 2. The Kier molecular flexibility index (Phi) is 5.21. The van der Waals surface area contributed by atoms with Crippen LogP contribution in [0.15, 0.2) is 66.5 Å². The van der Waals surface area contributed by atoms with Gasteiger partial charge < -0.3 is 14.7 Å². The minimum atomic E-state index is -0.711. The predicted molar refractivity (Wildman–Crippen MR) is 124 cm³/mol. The van der Waals surface area contributed by atoms with Crippen LogP contribution in [0.3, 0.4) is 0 Å². The van der Waals surface area contributed by atoms with Crippen LogP contribution < -0.4 is 4.74 Å². The van der Waals surface area contributed by atoms with E-state index in [1.165, 1.54) is 0 Å². The van der Waals surface area contributed by atoms with Crippen molar-refractivity contribution in [3.63, 3.8) is 0 Å². The Morgan fingerprint density at radius 1 is 1.09 bits per heavy atom. The minimum absolute atomic E-state index is 0.0929. The van der Waals surface area contributed by atoms with Crippen molar-refractivity contribution in [3.05, 3.63) is 99.9 Å². The number of rotatable bonds is 4. The number of aryl methyl sites for hydroxylation is 2. The number of aliphatic hydroxyl groups excluding tert-OH is 1. The smallest absolute Gasteiger partial charge is 0.295 e. The van der Waals surface area contributed by atoms with Gasteiger partial charge in [0, 0.05) is 30.9 Å². The molecule has 0 bridgehead atoms. The molecule has 166 valence electrons. The number of hydrogen-bond donors (Lipinski definition) is 1. The monoisotopic (exact) mass is 440 g/mol. The van der Waals surface area contributed by atoms with Crippen molar-refractivity contribution in [2.75, 3.05) is 6.61 Å². The van der Waals surface area contributed by atoms with Crippen LogP contribution in [0.25, 0.3) is 5.76 Å². The van der Waals surface area contributed by atoms with Gasteiger partial charge in [-0.2, -0.15) is 0 Å². The summed E-state index contributed by atoms with van der Waals surface area (Å²) in [5, 5.41) is 11.3. The predicted octanol–water partition coefficient (Wildman–Crippen LogP) is 4.26. The molecule has 1 amide bonds. The molecule has 1 atom stereocenters. The molecule has 5 rings (SSSR count). The molecular formula is C27H24N2O4.